The van der Waals surface area contributed by atoms with Crippen molar-refractivity contribution < 1.29 is 14.6 Å². The zero-order valence-electron chi connectivity index (χ0n) is 10.8. The molecule has 0 radical (unpaired) electrons. The molecule has 0 aliphatic rings. The summed E-state index contributed by atoms with van der Waals surface area (Å²) in [6.45, 7) is 3.40. The third kappa shape index (κ3) is 4.47. The van der Waals surface area contributed by atoms with Gasteiger partial charge in [0, 0.05) is 0 Å². The molecule has 1 amide bonds. The Bertz CT molecular complexity index is 494. The number of carbonyl (C=O) groups is 1. The predicted molar refractivity (Wildman–Crippen MR) is 74.0 cm³/mol. The van der Waals surface area contributed by atoms with E-state index in [9.17, 15) is 9.90 Å². The summed E-state index contributed by atoms with van der Waals surface area (Å²) in [7, 11) is 0. The second-order valence-electron chi connectivity index (χ2n) is 4.05. The van der Waals surface area contributed by atoms with Crippen LogP contribution in [0.3, 0.4) is 0 Å². The van der Waals surface area contributed by atoms with Crippen LogP contribution in [0, 0.1) is 12.3 Å². The second-order valence-corrected chi connectivity index (χ2v) is 4.46. The van der Waals surface area contributed by atoms with Crippen LogP contribution in [-0.4, -0.2) is 23.7 Å². The van der Waals surface area contributed by atoms with Crippen molar-refractivity contribution in [2.24, 2.45) is 0 Å². The van der Waals surface area contributed by atoms with E-state index < -0.39 is 12.2 Å². The summed E-state index contributed by atoms with van der Waals surface area (Å²) in [6, 6.07) is 4.92. The van der Waals surface area contributed by atoms with E-state index in [0.717, 1.165) is 0 Å². The molecular formula is C14H16ClNO3. The fourth-order valence-electron chi connectivity index (χ4n) is 1.40. The van der Waals surface area contributed by atoms with Crippen molar-refractivity contribution in [3.8, 4) is 18.1 Å². The SMILES string of the molecule is C#CCNC(=O)C(C)Oc1ccc([C@@H](C)O)cc1Cl. The van der Waals surface area contributed by atoms with Gasteiger partial charge in [0.25, 0.3) is 5.91 Å². The lowest BCUT2D eigenvalue weighted by atomic mass is 10.1. The predicted octanol–water partition coefficient (Wildman–Crippen LogP) is 1.91. The van der Waals surface area contributed by atoms with Gasteiger partial charge in [-0.3, -0.25) is 4.79 Å². The number of ether oxygens (including phenoxy) is 1. The van der Waals surface area contributed by atoms with Crippen LogP contribution in [0.5, 0.6) is 5.75 Å². The highest BCUT2D eigenvalue weighted by atomic mass is 35.5. The molecule has 2 atom stereocenters. The van der Waals surface area contributed by atoms with Gasteiger partial charge in [-0.05, 0) is 31.5 Å². The first kappa shape index (κ1) is 15.4. The summed E-state index contributed by atoms with van der Waals surface area (Å²) in [5.41, 5.74) is 0.682. The summed E-state index contributed by atoms with van der Waals surface area (Å²) in [5.74, 6) is 2.38. The number of aliphatic hydroxyl groups is 1. The van der Waals surface area contributed by atoms with Gasteiger partial charge in [-0.1, -0.05) is 23.6 Å². The Morgan fingerprint density at radius 1 is 1.58 bits per heavy atom. The van der Waals surface area contributed by atoms with Crippen LogP contribution in [-0.2, 0) is 4.79 Å². The summed E-state index contributed by atoms with van der Waals surface area (Å²) < 4.78 is 5.44. The van der Waals surface area contributed by atoms with Crippen molar-refractivity contribution >= 4 is 17.5 Å². The molecular weight excluding hydrogens is 266 g/mol. The summed E-state index contributed by atoms with van der Waals surface area (Å²) in [6.07, 6.45) is 3.73. The van der Waals surface area contributed by atoms with Gasteiger partial charge in [0.1, 0.15) is 5.75 Å². The normalized spacial score (nSPS) is 13.2. The van der Waals surface area contributed by atoms with Crippen LogP contribution in [0.1, 0.15) is 25.5 Å². The van der Waals surface area contributed by atoms with Crippen LogP contribution in [0.15, 0.2) is 18.2 Å². The first-order valence-corrected chi connectivity index (χ1v) is 6.18. The van der Waals surface area contributed by atoms with Crippen molar-refractivity contribution in [2.45, 2.75) is 26.1 Å². The summed E-state index contributed by atoms with van der Waals surface area (Å²) >= 11 is 6.03. The number of rotatable bonds is 5. The number of amides is 1. The third-order valence-corrected chi connectivity index (χ3v) is 2.77. The van der Waals surface area contributed by atoms with E-state index in [2.05, 4.69) is 11.2 Å². The molecule has 0 aliphatic carbocycles. The smallest absolute Gasteiger partial charge is 0.261 e. The Kier molecular flexibility index (Phi) is 5.68. The van der Waals surface area contributed by atoms with Crippen molar-refractivity contribution in [3.63, 3.8) is 0 Å². The van der Waals surface area contributed by atoms with Gasteiger partial charge in [0.15, 0.2) is 6.10 Å². The molecule has 5 heteroatoms. The lowest BCUT2D eigenvalue weighted by Gasteiger charge is -2.16. The maximum atomic E-state index is 11.6. The van der Waals surface area contributed by atoms with Crippen LogP contribution >= 0.6 is 11.6 Å². The minimum absolute atomic E-state index is 0.154. The van der Waals surface area contributed by atoms with Gasteiger partial charge >= 0.3 is 0 Å². The number of hydrogen-bond donors (Lipinski definition) is 2. The Hall–Kier alpha value is -1.70. The second kappa shape index (κ2) is 7.03. The van der Waals surface area contributed by atoms with Gasteiger partial charge in [-0.2, -0.15) is 0 Å². The van der Waals surface area contributed by atoms with Crippen LogP contribution in [0.25, 0.3) is 0 Å². The first-order chi connectivity index (χ1) is 8.95. The van der Waals surface area contributed by atoms with E-state index in [0.29, 0.717) is 16.3 Å². The average Bonchev–Trinajstić information content (AvgIpc) is 2.37. The average molecular weight is 282 g/mol. The highest BCUT2D eigenvalue weighted by molar-refractivity contribution is 6.32. The fraction of sp³-hybridized carbons (Fsp3) is 0.357. The quantitative estimate of drug-likeness (QED) is 0.811. The van der Waals surface area contributed by atoms with E-state index in [1.165, 1.54) is 0 Å². The molecule has 1 aromatic carbocycles. The third-order valence-electron chi connectivity index (χ3n) is 2.48. The van der Waals surface area contributed by atoms with Crippen molar-refractivity contribution in [3.05, 3.63) is 28.8 Å². The Balaban J connectivity index is 2.72. The largest absolute Gasteiger partial charge is 0.479 e. The molecule has 4 nitrogen and oxygen atoms in total. The maximum Gasteiger partial charge on any atom is 0.261 e. The fourth-order valence-corrected chi connectivity index (χ4v) is 1.63. The van der Waals surface area contributed by atoms with Gasteiger partial charge in [0.05, 0.1) is 17.7 Å². The number of benzene rings is 1. The van der Waals surface area contributed by atoms with Gasteiger partial charge in [0.2, 0.25) is 0 Å². The lowest BCUT2D eigenvalue weighted by molar-refractivity contribution is -0.126. The molecule has 0 saturated carbocycles. The highest BCUT2D eigenvalue weighted by Crippen LogP contribution is 2.28. The van der Waals surface area contributed by atoms with Gasteiger partial charge in [-0.15, -0.1) is 6.42 Å². The van der Waals surface area contributed by atoms with E-state index in [1.54, 1.807) is 32.0 Å². The molecule has 1 aromatic rings. The monoisotopic (exact) mass is 281 g/mol. The van der Waals surface area contributed by atoms with Crippen LogP contribution in [0.2, 0.25) is 5.02 Å². The number of nitrogens with one attached hydrogen (secondary N) is 1. The molecule has 0 heterocycles. The van der Waals surface area contributed by atoms with E-state index in [-0.39, 0.29) is 12.5 Å². The minimum Gasteiger partial charge on any atom is -0.479 e. The summed E-state index contributed by atoms with van der Waals surface area (Å²) in [5, 5.41) is 12.3. The van der Waals surface area contributed by atoms with Crippen molar-refractivity contribution in [2.75, 3.05) is 6.54 Å². The number of aliphatic hydroxyl groups excluding tert-OH is 1. The number of terminal acetylenes is 1. The first-order valence-electron chi connectivity index (χ1n) is 5.81. The molecule has 19 heavy (non-hydrogen) atoms. The number of halogens is 1. The van der Waals surface area contributed by atoms with Gasteiger partial charge in [-0.25, -0.2) is 0 Å². The molecule has 0 saturated heterocycles. The zero-order chi connectivity index (χ0) is 14.4. The molecule has 0 spiro atoms. The van der Waals surface area contributed by atoms with Crippen LogP contribution in [0.4, 0.5) is 0 Å². The molecule has 0 aromatic heterocycles. The van der Waals surface area contributed by atoms with E-state index in [1.807, 2.05) is 0 Å². The van der Waals surface area contributed by atoms with Crippen molar-refractivity contribution in [1.29, 1.82) is 0 Å². The lowest BCUT2D eigenvalue weighted by Crippen LogP contribution is -2.36. The van der Waals surface area contributed by atoms with Crippen molar-refractivity contribution in [1.82, 2.24) is 5.32 Å². The zero-order valence-corrected chi connectivity index (χ0v) is 11.6. The molecule has 0 aliphatic heterocycles. The Labute approximate surface area is 117 Å². The highest BCUT2D eigenvalue weighted by Gasteiger charge is 2.16. The summed E-state index contributed by atoms with van der Waals surface area (Å²) in [4.78, 5) is 11.6. The van der Waals surface area contributed by atoms with E-state index >= 15 is 0 Å². The number of hydrogen-bond acceptors (Lipinski definition) is 3. The minimum atomic E-state index is -0.705. The van der Waals surface area contributed by atoms with E-state index in [4.69, 9.17) is 22.8 Å². The molecule has 0 fully saturated rings. The topological polar surface area (TPSA) is 58.6 Å². The Morgan fingerprint density at radius 3 is 2.79 bits per heavy atom. The van der Waals surface area contributed by atoms with Crippen LogP contribution < -0.4 is 10.1 Å². The standard InChI is InChI=1S/C14H16ClNO3/c1-4-7-16-14(18)10(3)19-13-6-5-11(9(2)17)8-12(13)15/h1,5-6,8-10,17H,7H2,2-3H3,(H,16,18)/t9-,10?/m1/s1. The molecule has 1 rings (SSSR count). The number of carbonyl (C=O) groups excluding carboxylic acids is 1. The molecule has 2 N–H and O–H groups in total. The molecule has 102 valence electrons. The Morgan fingerprint density at radius 2 is 2.26 bits per heavy atom. The molecule has 1 unspecified atom stereocenters. The van der Waals surface area contributed by atoms with Gasteiger partial charge < -0.3 is 15.2 Å². The maximum absolute atomic E-state index is 11.6. The molecule has 0 bridgehead atoms.